The van der Waals surface area contributed by atoms with Crippen LogP contribution in [0.1, 0.15) is 182 Å². The Balaban J connectivity index is 3.16. The number of nitrogens with one attached hydrogen (secondary N) is 4. The SMILES string of the molecule is CCCC(C)/C=C\C/C=C\CCCCCCCCNCCCNCCCCNCCCNCCCCCCCC/C=C\C/C=C\C(C)CCC. The topological polar surface area (TPSA) is 48.1 Å². The Bertz CT molecular complexity index is 680. The maximum absolute atomic E-state index is 3.63. The summed E-state index contributed by atoms with van der Waals surface area (Å²) in [5.41, 5.74) is 0. The lowest BCUT2D eigenvalue weighted by Crippen LogP contribution is -2.25. The predicted molar refractivity (Wildman–Crippen MR) is 229 cm³/mol. The largest absolute Gasteiger partial charge is 0.317 e. The van der Waals surface area contributed by atoms with Gasteiger partial charge in [0, 0.05) is 0 Å². The van der Waals surface area contributed by atoms with Crippen molar-refractivity contribution >= 4 is 0 Å². The third kappa shape index (κ3) is 43.0. The molecule has 0 heterocycles. The van der Waals surface area contributed by atoms with Gasteiger partial charge in [0.05, 0.1) is 0 Å². The van der Waals surface area contributed by atoms with Gasteiger partial charge in [-0.3, -0.25) is 0 Å². The van der Waals surface area contributed by atoms with E-state index in [9.17, 15) is 0 Å². The minimum Gasteiger partial charge on any atom is -0.317 e. The monoisotopic (exact) mass is 699 g/mol. The molecular weight excluding hydrogens is 609 g/mol. The number of unbranched alkanes of at least 4 members (excludes halogenated alkanes) is 13. The maximum Gasteiger partial charge on any atom is -0.00368 e. The van der Waals surface area contributed by atoms with Gasteiger partial charge in [0.25, 0.3) is 0 Å². The van der Waals surface area contributed by atoms with Crippen LogP contribution in [0, 0.1) is 11.8 Å². The molecule has 4 nitrogen and oxygen atoms in total. The fourth-order valence-electron chi connectivity index (χ4n) is 6.43. The molecule has 4 heteroatoms. The van der Waals surface area contributed by atoms with Crippen LogP contribution in [0.5, 0.6) is 0 Å². The lowest BCUT2D eigenvalue weighted by atomic mass is 10.1. The first-order chi connectivity index (χ1) is 24.7. The summed E-state index contributed by atoms with van der Waals surface area (Å²) in [4.78, 5) is 0. The Hall–Kier alpha value is -1.20. The molecule has 0 aromatic rings. The number of hydrogen-bond donors (Lipinski definition) is 4. The Labute approximate surface area is 315 Å². The van der Waals surface area contributed by atoms with E-state index in [4.69, 9.17) is 0 Å². The highest BCUT2D eigenvalue weighted by Crippen LogP contribution is 2.10. The fraction of sp³-hybridized carbons (Fsp3) is 0.826. The Kier molecular flexibility index (Phi) is 42.9. The fourth-order valence-corrected chi connectivity index (χ4v) is 6.43. The molecule has 0 rings (SSSR count). The molecule has 50 heavy (non-hydrogen) atoms. The molecule has 0 bridgehead atoms. The molecule has 0 aliphatic rings. The van der Waals surface area contributed by atoms with Gasteiger partial charge in [0.2, 0.25) is 0 Å². The molecule has 0 aliphatic heterocycles. The zero-order valence-corrected chi connectivity index (χ0v) is 34.4. The molecule has 2 atom stereocenters. The van der Waals surface area contributed by atoms with Gasteiger partial charge in [-0.05, 0) is 154 Å². The summed E-state index contributed by atoms with van der Waals surface area (Å²) in [6, 6.07) is 0. The van der Waals surface area contributed by atoms with E-state index in [1.165, 1.54) is 154 Å². The number of hydrogen-bond acceptors (Lipinski definition) is 4. The molecule has 0 radical (unpaired) electrons. The van der Waals surface area contributed by atoms with E-state index in [2.05, 4.69) is 97.6 Å². The minimum atomic E-state index is 0.734. The summed E-state index contributed by atoms with van der Waals surface area (Å²) >= 11 is 0. The molecule has 2 unspecified atom stereocenters. The highest BCUT2D eigenvalue weighted by Gasteiger charge is 1.96. The molecule has 0 fully saturated rings. The lowest BCUT2D eigenvalue weighted by Gasteiger charge is -2.08. The molecule has 0 saturated heterocycles. The Morgan fingerprint density at radius 1 is 0.340 bits per heavy atom. The van der Waals surface area contributed by atoms with Gasteiger partial charge >= 0.3 is 0 Å². The van der Waals surface area contributed by atoms with Crippen LogP contribution in [0.25, 0.3) is 0 Å². The summed E-state index contributed by atoms with van der Waals surface area (Å²) in [7, 11) is 0. The summed E-state index contributed by atoms with van der Waals surface area (Å²) in [6.45, 7) is 18.4. The van der Waals surface area contributed by atoms with Gasteiger partial charge in [0.15, 0.2) is 0 Å². The first kappa shape index (κ1) is 48.8. The summed E-state index contributed by atoms with van der Waals surface area (Å²) < 4.78 is 0. The van der Waals surface area contributed by atoms with Crippen LogP contribution < -0.4 is 21.3 Å². The standard InChI is InChI=1S/C46H90N4/c1-5-33-45(3)35-25-21-17-13-9-7-11-15-19-23-27-37-47-41-31-43-49-39-29-30-40-50-44-32-42-48-38-28-24-20-16-12-8-10-14-18-22-26-36-46(4)34-6-2/h13-14,17-18,25-26,35-36,45-50H,5-12,15-16,19-24,27-34,37-44H2,1-4H3/b17-13-,18-14-,35-25-,36-26-. The van der Waals surface area contributed by atoms with Crippen molar-refractivity contribution in [1.82, 2.24) is 21.3 Å². The predicted octanol–water partition coefficient (Wildman–Crippen LogP) is 12.2. The van der Waals surface area contributed by atoms with E-state index in [0.29, 0.717) is 0 Å². The maximum atomic E-state index is 3.63. The van der Waals surface area contributed by atoms with Crippen molar-refractivity contribution in [3.8, 4) is 0 Å². The minimum absolute atomic E-state index is 0.734. The van der Waals surface area contributed by atoms with E-state index in [1.807, 2.05) is 0 Å². The lowest BCUT2D eigenvalue weighted by molar-refractivity contribution is 0.531. The molecular formula is C46H90N4. The van der Waals surface area contributed by atoms with Crippen LogP contribution in [0.2, 0.25) is 0 Å². The number of rotatable bonds is 41. The van der Waals surface area contributed by atoms with Crippen molar-refractivity contribution in [2.75, 3.05) is 52.4 Å². The van der Waals surface area contributed by atoms with E-state index >= 15 is 0 Å². The van der Waals surface area contributed by atoms with Crippen molar-refractivity contribution in [2.24, 2.45) is 11.8 Å². The summed E-state index contributed by atoms with van der Waals surface area (Å²) in [5, 5.41) is 14.5. The second-order valence-corrected chi connectivity index (χ2v) is 15.0. The van der Waals surface area contributed by atoms with Crippen molar-refractivity contribution in [3.05, 3.63) is 48.6 Å². The first-order valence-corrected chi connectivity index (χ1v) is 22.2. The van der Waals surface area contributed by atoms with Crippen LogP contribution in [0.3, 0.4) is 0 Å². The third-order valence-electron chi connectivity index (χ3n) is 9.61. The van der Waals surface area contributed by atoms with Gasteiger partial charge in [-0.25, -0.2) is 0 Å². The molecule has 0 aliphatic carbocycles. The molecule has 4 N–H and O–H groups in total. The second kappa shape index (κ2) is 44.0. The smallest absolute Gasteiger partial charge is 0.00368 e. The molecule has 0 aromatic carbocycles. The van der Waals surface area contributed by atoms with E-state index in [0.717, 1.165) is 63.9 Å². The molecule has 0 spiro atoms. The van der Waals surface area contributed by atoms with Crippen molar-refractivity contribution in [3.63, 3.8) is 0 Å². The third-order valence-corrected chi connectivity index (χ3v) is 9.61. The van der Waals surface area contributed by atoms with Crippen molar-refractivity contribution < 1.29 is 0 Å². The van der Waals surface area contributed by atoms with E-state index in [-0.39, 0.29) is 0 Å². The Morgan fingerprint density at radius 2 is 0.640 bits per heavy atom. The highest BCUT2D eigenvalue weighted by atomic mass is 14.9. The van der Waals surface area contributed by atoms with Crippen LogP contribution in [-0.2, 0) is 0 Å². The molecule has 294 valence electrons. The molecule has 0 amide bonds. The van der Waals surface area contributed by atoms with E-state index in [1.54, 1.807) is 0 Å². The second-order valence-electron chi connectivity index (χ2n) is 15.0. The highest BCUT2D eigenvalue weighted by molar-refractivity contribution is 4.95. The van der Waals surface area contributed by atoms with Crippen LogP contribution in [0.15, 0.2) is 48.6 Å². The van der Waals surface area contributed by atoms with Crippen LogP contribution in [0.4, 0.5) is 0 Å². The zero-order valence-electron chi connectivity index (χ0n) is 34.4. The molecule has 0 saturated carbocycles. The van der Waals surface area contributed by atoms with Gasteiger partial charge in [-0.2, -0.15) is 0 Å². The van der Waals surface area contributed by atoms with Gasteiger partial charge in [-0.15, -0.1) is 0 Å². The average molecular weight is 699 g/mol. The molecule has 0 aromatic heterocycles. The van der Waals surface area contributed by atoms with Crippen LogP contribution >= 0.6 is 0 Å². The quantitative estimate of drug-likeness (QED) is 0.0379. The average Bonchev–Trinajstić information content (AvgIpc) is 3.11. The zero-order chi connectivity index (χ0) is 36.3. The van der Waals surface area contributed by atoms with Gasteiger partial charge in [-0.1, -0.05) is 141 Å². The van der Waals surface area contributed by atoms with Gasteiger partial charge < -0.3 is 21.3 Å². The van der Waals surface area contributed by atoms with E-state index < -0.39 is 0 Å². The number of allylic oxidation sites excluding steroid dienone is 8. The first-order valence-electron chi connectivity index (χ1n) is 22.2. The van der Waals surface area contributed by atoms with Crippen LogP contribution in [-0.4, -0.2) is 52.4 Å². The normalized spacial score (nSPS) is 13.6. The Morgan fingerprint density at radius 3 is 1.00 bits per heavy atom. The summed E-state index contributed by atoms with van der Waals surface area (Å²) in [5.74, 6) is 1.47. The van der Waals surface area contributed by atoms with Gasteiger partial charge in [0.1, 0.15) is 0 Å². The van der Waals surface area contributed by atoms with Crippen molar-refractivity contribution in [2.45, 2.75) is 182 Å². The summed E-state index contributed by atoms with van der Waals surface area (Å²) in [6.07, 6.45) is 50.3. The van der Waals surface area contributed by atoms with Crippen molar-refractivity contribution in [1.29, 1.82) is 0 Å².